The Balaban J connectivity index is 2.95. The minimum Gasteiger partial charge on any atom is -0.290 e. The van der Waals surface area contributed by atoms with Crippen LogP contribution in [0.3, 0.4) is 0 Å². The van der Waals surface area contributed by atoms with Crippen LogP contribution in [0.1, 0.15) is 0 Å². The fraction of sp³-hybridized carbons (Fsp3) is 0. The lowest BCUT2D eigenvalue weighted by molar-refractivity contribution is -0.114. The van der Waals surface area contributed by atoms with E-state index in [1.807, 2.05) is 0 Å². The van der Waals surface area contributed by atoms with Crippen molar-refractivity contribution in [1.82, 2.24) is 0 Å². The first kappa shape index (κ1) is 6.16. The average Bonchev–Trinajstić information content (AvgIpc) is 1.80. The van der Waals surface area contributed by atoms with E-state index in [1.54, 1.807) is 0 Å². The average molecular weight is 139 g/mol. The number of carbonyl (C=O) groups is 2. The van der Waals surface area contributed by atoms with Gasteiger partial charge in [-0.2, -0.15) is 0 Å². The Labute approximate surface area is 57.7 Å². The minimum absolute atomic E-state index is 0.0995. The van der Waals surface area contributed by atoms with Crippen molar-refractivity contribution in [3.8, 4) is 0 Å². The van der Waals surface area contributed by atoms with Crippen molar-refractivity contribution in [2.75, 3.05) is 0 Å². The van der Waals surface area contributed by atoms with Crippen molar-refractivity contribution in [1.29, 1.82) is 0 Å². The Bertz CT molecular complexity index is 225. The highest BCUT2D eigenvalue weighted by Gasteiger charge is 2.08. The summed E-state index contributed by atoms with van der Waals surface area (Å²) in [6, 6.07) is 0. The molecule has 0 heterocycles. The molecule has 1 radical (unpaired) electrons. The highest BCUT2D eigenvalue weighted by molar-refractivity contribution is 7.85. The fourth-order valence-electron chi connectivity index (χ4n) is 0.488. The molecule has 3 heteroatoms. The monoisotopic (exact) mass is 139 g/mol. The molecular weight excluding hydrogens is 136 g/mol. The van der Waals surface area contributed by atoms with Crippen LogP contribution in [-0.4, -0.2) is 11.6 Å². The summed E-state index contributed by atoms with van der Waals surface area (Å²) in [4.78, 5) is 21.1. The van der Waals surface area contributed by atoms with Crippen LogP contribution in [0.4, 0.5) is 0 Å². The Morgan fingerprint density at radius 1 is 1.22 bits per heavy atom. The highest BCUT2D eigenvalue weighted by atomic mass is 32.1. The molecule has 45 valence electrons. The maximum absolute atomic E-state index is 10.5. The summed E-state index contributed by atoms with van der Waals surface area (Å²) < 4.78 is 0. The zero-order valence-electron chi connectivity index (χ0n) is 4.46. The van der Waals surface area contributed by atoms with Crippen LogP contribution in [0.2, 0.25) is 0 Å². The largest absolute Gasteiger partial charge is 0.290 e. The molecule has 0 aromatic carbocycles. The van der Waals surface area contributed by atoms with Gasteiger partial charge in [-0.25, -0.2) is 0 Å². The molecule has 1 aliphatic carbocycles. The zero-order chi connectivity index (χ0) is 6.85. The van der Waals surface area contributed by atoms with Gasteiger partial charge in [0.25, 0.3) is 0 Å². The minimum atomic E-state index is -0.260. The molecule has 1 rings (SSSR count). The first-order valence-electron chi connectivity index (χ1n) is 2.35. The lowest BCUT2D eigenvalue weighted by Gasteiger charge is -1.94. The topological polar surface area (TPSA) is 34.1 Å². The molecule has 1 aliphatic rings. The summed E-state index contributed by atoms with van der Waals surface area (Å²) in [5.74, 6) is -0.468. The maximum atomic E-state index is 10.5. The van der Waals surface area contributed by atoms with Crippen molar-refractivity contribution in [3.63, 3.8) is 0 Å². The van der Waals surface area contributed by atoms with Gasteiger partial charge in [0.1, 0.15) is 0 Å². The molecule has 2 nitrogen and oxygen atoms in total. The van der Waals surface area contributed by atoms with Gasteiger partial charge in [-0.3, -0.25) is 9.59 Å². The quantitative estimate of drug-likeness (QED) is 0.465. The van der Waals surface area contributed by atoms with Gasteiger partial charge in [-0.15, -0.1) is 0 Å². The first-order chi connectivity index (χ1) is 4.20. The molecule has 0 fully saturated rings. The highest BCUT2D eigenvalue weighted by Crippen LogP contribution is 2.07. The van der Waals surface area contributed by atoms with Crippen LogP contribution in [-0.2, 0) is 9.59 Å². The van der Waals surface area contributed by atoms with Crippen molar-refractivity contribution in [2.24, 2.45) is 0 Å². The second-order valence-corrected chi connectivity index (χ2v) is 2.05. The lowest BCUT2D eigenvalue weighted by Crippen LogP contribution is -2.02. The summed E-state index contributed by atoms with van der Waals surface area (Å²) in [5.41, 5.74) is 0. The number of rotatable bonds is 0. The SMILES string of the molecule is O=C1C=CC(=O)C([S])=C1. The van der Waals surface area contributed by atoms with Crippen LogP contribution in [0.5, 0.6) is 0 Å². The number of allylic oxidation sites excluding steroid dienone is 4. The van der Waals surface area contributed by atoms with Crippen molar-refractivity contribution in [3.05, 3.63) is 23.1 Å². The number of ketones is 2. The molecule has 9 heavy (non-hydrogen) atoms. The van der Waals surface area contributed by atoms with Crippen molar-refractivity contribution < 1.29 is 9.59 Å². The summed E-state index contributed by atoms with van der Waals surface area (Å²) in [6.45, 7) is 0. The van der Waals surface area contributed by atoms with E-state index in [0.717, 1.165) is 6.08 Å². The van der Waals surface area contributed by atoms with Crippen LogP contribution < -0.4 is 0 Å². The van der Waals surface area contributed by atoms with E-state index in [2.05, 4.69) is 12.6 Å². The third-order valence-electron chi connectivity index (χ3n) is 0.915. The summed E-state index contributed by atoms with van der Waals surface area (Å²) in [5, 5.41) is 0. The van der Waals surface area contributed by atoms with Gasteiger partial charge in [0.05, 0.1) is 4.91 Å². The fourth-order valence-corrected chi connectivity index (χ4v) is 0.673. The normalized spacial score (nSPS) is 18.0. The van der Waals surface area contributed by atoms with Gasteiger partial charge in [0.15, 0.2) is 11.6 Å². The smallest absolute Gasteiger partial charge is 0.196 e. The first-order valence-corrected chi connectivity index (χ1v) is 2.76. The van der Waals surface area contributed by atoms with Crippen LogP contribution >= 0.6 is 12.6 Å². The predicted octanol–water partition coefficient (Wildman–Crippen LogP) is 0.776. The maximum Gasteiger partial charge on any atom is 0.196 e. The molecular formula is C6H3O2S. The summed E-state index contributed by atoms with van der Waals surface area (Å²) >= 11 is 4.53. The van der Waals surface area contributed by atoms with Gasteiger partial charge in [0.2, 0.25) is 0 Å². The molecule has 0 saturated heterocycles. The third-order valence-corrected chi connectivity index (χ3v) is 1.23. The molecule has 0 aliphatic heterocycles. The van der Waals surface area contributed by atoms with E-state index < -0.39 is 0 Å². The van der Waals surface area contributed by atoms with Crippen molar-refractivity contribution in [2.45, 2.75) is 0 Å². The van der Waals surface area contributed by atoms with E-state index in [9.17, 15) is 9.59 Å². The Hall–Kier alpha value is -0.960. The zero-order valence-corrected chi connectivity index (χ0v) is 5.27. The van der Waals surface area contributed by atoms with E-state index in [1.165, 1.54) is 12.2 Å². The van der Waals surface area contributed by atoms with Crippen LogP contribution in [0, 0.1) is 0 Å². The second kappa shape index (κ2) is 2.11. The van der Waals surface area contributed by atoms with E-state index in [0.29, 0.717) is 0 Å². The van der Waals surface area contributed by atoms with E-state index in [4.69, 9.17) is 0 Å². The molecule has 0 bridgehead atoms. The summed E-state index contributed by atoms with van der Waals surface area (Å²) in [6.07, 6.45) is 3.54. The Morgan fingerprint density at radius 3 is 2.33 bits per heavy atom. The molecule has 0 aromatic heterocycles. The Morgan fingerprint density at radius 2 is 1.89 bits per heavy atom. The van der Waals surface area contributed by atoms with E-state index in [-0.39, 0.29) is 16.5 Å². The molecule has 0 spiro atoms. The van der Waals surface area contributed by atoms with Crippen LogP contribution in [0.15, 0.2) is 23.1 Å². The third kappa shape index (κ3) is 1.23. The Kier molecular flexibility index (Phi) is 1.44. The number of carbonyl (C=O) groups excluding carboxylic acids is 2. The standard InChI is InChI=1S/C6H3O2S/c7-4-1-2-5(8)6(9)3-4/h1-3H. The number of hydrogen-bond donors (Lipinski definition) is 0. The number of hydrogen-bond acceptors (Lipinski definition) is 2. The van der Waals surface area contributed by atoms with Gasteiger partial charge >= 0.3 is 0 Å². The molecule has 0 aromatic rings. The van der Waals surface area contributed by atoms with Gasteiger partial charge in [-0.1, -0.05) is 12.6 Å². The van der Waals surface area contributed by atoms with Gasteiger partial charge in [0, 0.05) is 6.08 Å². The second-order valence-electron chi connectivity index (χ2n) is 1.61. The van der Waals surface area contributed by atoms with Gasteiger partial charge in [-0.05, 0) is 12.2 Å². The van der Waals surface area contributed by atoms with Gasteiger partial charge < -0.3 is 0 Å². The van der Waals surface area contributed by atoms with Crippen molar-refractivity contribution >= 4 is 24.2 Å². The van der Waals surface area contributed by atoms with E-state index >= 15 is 0 Å². The summed E-state index contributed by atoms with van der Waals surface area (Å²) in [7, 11) is 0. The predicted molar refractivity (Wildman–Crippen MR) is 34.8 cm³/mol. The molecule has 0 unspecified atom stereocenters. The van der Waals surface area contributed by atoms with Crippen LogP contribution in [0.25, 0.3) is 0 Å². The molecule has 0 saturated carbocycles. The molecule has 0 amide bonds. The molecule has 0 N–H and O–H groups in total. The lowest BCUT2D eigenvalue weighted by atomic mass is 10.2. The molecule has 0 atom stereocenters.